The van der Waals surface area contributed by atoms with E-state index >= 15 is 0 Å². The normalized spacial score (nSPS) is 18.5. The van der Waals surface area contributed by atoms with Gasteiger partial charge in [0.1, 0.15) is 16.7 Å². The van der Waals surface area contributed by atoms with E-state index in [0.29, 0.717) is 33.5 Å². The number of anilines is 2. The standard InChI is InChI=1S/C28H29N5O4S2/c1-4-37-27(36)23-21(18-11-10-16(2)17(3)12-18)14-38-25(23)30-22(34)15-39-28-31-24-20(13-29-32-24)26(35)33(28)19-8-6-5-7-9-19/h5-12,14,20,24,29,32H,4,13,15H2,1-3H3,(H,30,34). The minimum absolute atomic E-state index is 0.000595. The number of carbonyl (C=O) groups is 3. The van der Waals surface area contributed by atoms with Crippen molar-refractivity contribution in [2.24, 2.45) is 10.9 Å². The molecule has 9 nitrogen and oxygen atoms in total. The molecule has 3 N–H and O–H groups in total. The van der Waals surface area contributed by atoms with E-state index in [0.717, 1.165) is 16.7 Å². The number of para-hydroxylation sites is 1. The highest BCUT2D eigenvalue weighted by atomic mass is 32.2. The number of amidine groups is 1. The number of thioether (sulfide) groups is 1. The second-order valence-electron chi connectivity index (χ2n) is 9.21. The smallest absolute Gasteiger partial charge is 0.341 e. The monoisotopic (exact) mass is 563 g/mol. The van der Waals surface area contributed by atoms with E-state index in [1.54, 1.807) is 11.8 Å². The SMILES string of the molecule is CCOC(=O)c1c(-c2ccc(C)c(C)c2)csc1NC(=O)CSC1=NC2NNCC2C(=O)N1c1ccccc1. The number of aliphatic imine (C=N–C) groups is 1. The van der Waals surface area contributed by atoms with Crippen LogP contribution in [0.1, 0.15) is 28.4 Å². The van der Waals surface area contributed by atoms with Crippen LogP contribution >= 0.6 is 23.1 Å². The van der Waals surface area contributed by atoms with E-state index in [1.807, 2.05) is 67.8 Å². The molecule has 0 spiro atoms. The van der Waals surface area contributed by atoms with Gasteiger partial charge < -0.3 is 10.1 Å². The van der Waals surface area contributed by atoms with Crippen LogP contribution in [-0.2, 0) is 14.3 Å². The van der Waals surface area contributed by atoms with Crippen molar-refractivity contribution in [2.75, 3.05) is 29.1 Å². The van der Waals surface area contributed by atoms with Gasteiger partial charge in [-0.1, -0.05) is 48.2 Å². The van der Waals surface area contributed by atoms with Gasteiger partial charge in [-0.2, -0.15) is 0 Å². The maximum atomic E-state index is 13.3. The van der Waals surface area contributed by atoms with E-state index in [4.69, 9.17) is 9.73 Å². The molecule has 202 valence electrons. The number of esters is 1. The summed E-state index contributed by atoms with van der Waals surface area (Å²) in [6.07, 6.45) is -0.392. The fourth-order valence-corrected chi connectivity index (χ4v) is 6.27. The molecule has 39 heavy (non-hydrogen) atoms. The lowest BCUT2D eigenvalue weighted by Gasteiger charge is -2.32. The molecule has 2 amide bonds. The van der Waals surface area contributed by atoms with Crippen LogP contribution in [0.5, 0.6) is 0 Å². The van der Waals surface area contributed by atoms with Gasteiger partial charge in [-0.15, -0.1) is 11.3 Å². The molecule has 5 rings (SSSR count). The Balaban J connectivity index is 1.36. The number of carbonyl (C=O) groups excluding carboxylic acids is 3. The summed E-state index contributed by atoms with van der Waals surface area (Å²) in [6, 6.07) is 15.3. The Labute approximate surface area is 235 Å². The van der Waals surface area contributed by atoms with Crippen LogP contribution in [0.2, 0.25) is 0 Å². The van der Waals surface area contributed by atoms with E-state index in [-0.39, 0.29) is 30.1 Å². The van der Waals surface area contributed by atoms with Crippen molar-refractivity contribution in [2.45, 2.75) is 26.9 Å². The molecule has 1 aromatic heterocycles. The number of rotatable bonds is 7. The van der Waals surface area contributed by atoms with E-state index in [1.165, 1.54) is 23.1 Å². The quantitative estimate of drug-likeness (QED) is 0.367. The lowest BCUT2D eigenvalue weighted by molar-refractivity contribution is -0.121. The number of amides is 2. The largest absolute Gasteiger partial charge is 0.462 e. The van der Waals surface area contributed by atoms with Crippen LogP contribution in [0.3, 0.4) is 0 Å². The lowest BCUT2D eigenvalue weighted by Crippen LogP contribution is -2.49. The zero-order chi connectivity index (χ0) is 27.5. The zero-order valence-electron chi connectivity index (χ0n) is 21.8. The van der Waals surface area contributed by atoms with Gasteiger partial charge in [0.15, 0.2) is 5.17 Å². The first-order chi connectivity index (χ1) is 18.9. The van der Waals surface area contributed by atoms with Gasteiger partial charge >= 0.3 is 5.97 Å². The topological polar surface area (TPSA) is 112 Å². The zero-order valence-corrected chi connectivity index (χ0v) is 23.4. The molecule has 2 unspecified atom stereocenters. The Kier molecular flexibility index (Phi) is 8.12. The number of nitrogens with one attached hydrogen (secondary N) is 3. The maximum absolute atomic E-state index is 13.3. The first kappa shape index (κ1) is 27.1. The summed E-state index contributed by atoms with van der Waals surface area (Å²) in [5.74, 6) is -1.22. The molecule has 11 heteroatoms. The first-order valence-electron chi connectivity index (χ1n) is 12.6. The Morgan fingerprint density at radius 3 is 2.72 bits per heavy atom. The van der Waals surface area contributed by atoms with Gasteiger partial charge in [0.25, 0.3) is 0 Å². The van der Waals surface area contributed by atoms with E-state index in [2.05, 4.69) is 16.2 Å². The molecule has 2 aliphatic heterocycles. The Morgan fingerprint density at radius 2 is 1.97 bits per heavy atom. The van der Waals surface area contributed by atoms with Crippen molar-refractivity contribution in [3.05, 3.63) is 70.6 Å². The summed E-state index contributed by atoms with van der Waals surface area (Å²) >= 11 is 2.46. The second kappa shape index (κ2) is 11.7. The van der Waals surface area contributed by atoms with Crippen molar-refractivity contribution in [1.82, 2.24) is 10.9 Å². The number of aryl methyl sites for hydroxylation is 2. The Morgan fingerprint density at radius 1 is 1.18 bits per heavy atom. The third kappa shape index (κ3) is 5.62. The fourth-order valence-electron chi connectivity index (χ4n) is 4.45. The Hall–Kier alpha value is -3.51. The van der Waals surface area contributed by atoms with Gasteiger partial charge in [0.05, 0.1) is 24.0 Å². The number of thiophene rings is 1. The van der Waals surface area contributed by atoms with Crippen molar-refractivity contribution < 1.29 is 19.1 Å². The number of ether oxygens (including phenoxy) is 1. The minimum atomic E-state index is -0.488. The van der Waals surface area contributed by atoms with Crippen LogP contribution < -0.4 is 21.1 Å². The number of benzene rings is 2. The molecule has 2 atom stereocenters. The molecule has 2 aliphatic rings. The molecule has 1 saturated heterocycles. The Bertz CT molecular complexity index is 1440. The minimum Gasteiger partial charge on any atom is -0.462 e. The summed E-state index contributed by atoms with van der Waals surface area (Å²) in [5, 5.41) is 5.61. The van der Waals surface area contributed by atoms with Gasteiger partial charge in [0, 0.05) is 17.5 Å². The predicted molar refractivity (Wildman–Crippen MR) is 156 cm³/mol. The molecule has 3 aromatic rings. The van der Waals surface area contributed by atoms with Crippen molar-refractivity contribution in [3.63, 3.8) is 0 Å². The molecule has 1 fully saturated rings. The predicted octanol–water partition coefficient (Wildman–Crippen LogP) is 4.33. The third-order valence-corrected chi connectivity index (χ3v) is 8.47. The number of hydrogen-bond donors (Lipinski definition) is 3. The summed E-state index contributed by atoms with van der Waals surface area (Å²) < 4.78 is 5.33. The van der Waals surface area contributed by atoms with Crippen LogP contribution in [-0.4, -0.2) is 48.0 Å². The highest BCUT2D eigenvalue weighted by molar-refractivity contribution is 8.14. The van der Waals surface area contributed by atoms with Crippen LogP contribution in [0.25, 0.3) is 11.1 Å². The van der Waals surface area contributed by atoms with Gasteiger partial charge in [-0.05, 0) is 49.6 Å². The first-order valence-corrected chi connectivity index (χ1v) is 14.5. The highest BCUT2D eigenvalue weighted by Crippen LogP contribution is 2.37. The van der Waals surface area contributed by atoms with Crippen molar-refractivity contribution in [1.29, 1.82) is 0 Å². The van der Waals surface area contributed by atoms with Crippen LogP contribution in [0.4, 0.5) is 10.7 Å². The van der Waals surface area contributed by atoms with Gasteiger partial charge in [0.2, 0.25) is 11.8 Å². The van der Waals surface area contributed by atoms with E-state index in [9.17, 15) is 14.4 Å². The molecule has 0 radical (unpaired) electrons. The van der Waals surface area contributed by atoms with Crippen LogP contribution in [0.15, 0.2) is 58.9 Å². The lowest BCUT2D eigenvalue weighted by atomic mass is 9.99. The fraction of sp³-hybridized carbons (Fsp3) is 0.286. The number of hydrazine groups is 1. The molecule has 0 bridgehead atoms. The molecular weight excluding hydrogens is 534 g/mol. The second-order valence-corrected chi connectivity index (χ2v) is 11.0. The molecule has 0 aliphatic carbocycles. The van der Waals surface area contributed by atoms with Gasteiger partial charge in [-0.25, -0.2) is 15.2 Å². The molecule has 3 heterocycles. The number of fused-ring (bicyclic) bond motifs is 1. The highest BCUT2D eigenvalue weighted by Gasteiger charge is 2.42. The van der Waals surface area contributed by atoms with Gasteiger partial charge in [-0.3, -0.25) is 19.9 Å². The summed E-state index contributed by atoms with van der Waals surface area (Å²) in [6.45, 7) is 6.50. The van der Waals surface area contributed by atoms with Crippen molar-refractivity contribution >= 4 is 56.7 Å². The molecule has 0 saturated carbocycles. The number of hydrogen-bond acceptors (Lipinski definition) is 9. The summed E-state index contributed by atoms with van der Waals surface area (Å²) in [4.78, 5) is 45.7. The number of nitrogens with zero attached hydrogens (tertiary/aromatic N) is 2. The average molecular weight is 564 g/mol. The molecule has 2 aromatic carbocycles. The average Bonchev–Trinajstić information content (AvgIpc) is 3.57. The summed E-state index contributed by atoms with van der Waals surface area (Å²) in [5.41, 5.74) is 10.9. The third-order valence-electron chi connectivity index (χ3n) is 6.62. The van der Waals surface area contributed by atoms with E-state index < -0.39 is 12.1 Å². The molecular formula is C28H29N5O4S2. The van der Waals surface area contributed by atoms with Crippen molar-refractivity contribution in [3.8, 4) is 11.1 Å². The maximum Gasteiger partial charge on any atom is 0.341 e. The summed E-state index contributed by atoms with van der Waals surface area (Å²) in [7, 11) is 0. The van der Waals surface area contributed by atoms with Crippen LogP contribution in [0, 0.1) is 19.8 Å².